The molecule has 2 heterocycles. The van der Waals surface area contributed by atoms with E-state index in [9.17, 15) is 19.1 Å². The van der Waals surface area contributed by atoms with Gasteiger partial charge < -0.3 is 9.84 Å². The Morgan fingerprint density at radius 3 is 2.51 bits per heavy atom. The van der Waals surface area contributed by atoms with E-state index in [4.69, 9.17) is 4.74 Å². The van der Waals surface area contributed by atoms with Gasteiger partial charge >= 0.3 is 5.91 Å². The number of aliphatic hydroxyl groups excluding tert-OH is 1. The van der Waals surface area contributed by atoms with Gasteiger partial charge in [-0.05, 0) is 67.1 Å². The van der Waals surface area contributed by atoms with Crippen LogP contribution in [0, 0.1) is 5.82 Å². The number of aromatic nitrogens is 1. The molecule has 0 bridgehead atoms. The minimum atomic E-state index is -0.917. The molecule has 176 valence electrons. The molecule has 4 aromatic rings. The first-order chi connectivity index (χ1) is 16.9. The Morgan fingerprint density at radius 1 is 1.11 bits per heavy atom. The van der Waals surface area contributed by atoms with Crippen molar-refractivity contribution < 1.29 is 23.8 Å². The van der Waals surface area contributed by atoms with Crippen molar-refractivity contribution in [2.75, 3.05) is 11.5 Å². The fourth-order valence-electron chi connectivity index (χ4n) is 4.01. The average molecular weight is 553 g/mol. The molecule has 0 radical (unpaired) electrons. The third kappa shape index (κ3) is 4.21. The molecule has 1 atom stereocenters. The molecule has 1 N–H and O–H groups in total. The molecule has 5 rings (SSSR count). The van der Waals surface area contributed by atoms with Crippen molar-refractivity contribution in [2.45, 2.75) is 13.0 Å². The topological polar surface area (TPSA) is 79.7 Å². The van der Waals surface area contributed by atoms with Crippen LogP contribution in [0.25, 0.3) is 16.0 Å². The molecular weight excluding hydrogens is 535 g/mol. The zero-order chi connectivity index (χ0) is 24.7. The Labute approximate surface area is 212 Å². The second kappa shape index (κ2) is 9.24. The Balaban J connectivity index is 1.69. The number of aliphatic hydroxyl groups is 1. The van der Waals surface area contributed by atoms with Crippen LogP contribution >= 0.6 is 27.3 Å². The maximum absolute atomic E-state index is 13.5. The molecule has 1 aliphatic heterocycles. The third-order valence-electron chi connectivity index (χ3n) is 5.61. The number of nitrogens with zero attached hydrogens (tertiary/aromatic N) is 2. The number of fused-ring (bicyclic) bond motifs is 1. The molecule has 9 heteroatoms. The average Bonchev–Trinajstić information content (AvgIpc) is 3.38. The minimum absolute atomic E-state index is 0.0850. The van der Waals surface area contributed by atoms with Crippen LogP contribution in [0.2, 0.25) is 0 Å². The Hall–Kier alpha value is -3.56. The van der Waals surface area contributed by atoms with E-state index < -0.39 is 23.5 Å². The van der Waals surface area contributed by atoms with Gasteiger partial charge in [0.15, 0.2) is 5.13 Å². The molecule has 0 aliphatic carbocycles. The first-order valence-corrected chi connectivity index (χ1v) is 12.3. The summed E-state index contributed by atoms with van der Waals surface area (Å²) < 4.78 is 20.6. The van der Waals surface area contributed by atoms with Crippen molar-refractivity contribution in [3.05, 3.63) is 93.7 Å². The lowest BCUT2D eigenvalue weighted by Crippen LogP contribution is -2.29. The van der Waals surface area contributed by atoms with Gasteiger partial charge in [-0.25, -0.2) is 9.37 Å². The van der Waals surface area contributed by atoms with Crippen LogP contribution in [0.1, 0.15) is 24.1 Å². The minimum Gasteiger partial charge on any atom is -0.507 e. The summed E-state index contributed by atoms with van der Waals surface area (Å²) in [6.45, 7) is 2.40. The van der Waals surface area contributed by atoms with Crippen molar-refractivity contribution >= 4 is 60.1 Å². The zero-order valence-electron chi connectivity index (χ0n) is 18.4. The van der Waals surface area contributed by atoms with Crippen LogP contribution in [0.5, 0.6) is 5.75 Å². The van der Waals surface area contributed by atoms with Gasteiger partial charge in [-0.15, -0.1) is 0 Å². The monoisotopic (exact) mass is 552 g/mol. The molecule has 1 aliphatic rings. The lowest BCUT2D eigenvalue weighted by molar-refractivity contribution is -0.132. The van der Waals surface area contributed by atoms with Crippen molar-refractivity contribution in [1.82, 2.24) is 4.98 Å². The molecule has 1 saturated heterocycles. The maximum Gasteiger partial charge on any atom is 0.301 e. The van der Waals surface area contributed by atoms with Gasteiger partial charge in [-0.2, -0.15) is 0 Å². The molecule has 3 aromatic carbocycles. The van der Waals surface area contributed by atoms with Crippen LogP contribution in [0.15, 0.2) is 76.8 Å². The van der Waals surface area contributed by atoms with Crippen LogP contribution in [0.4, 0.5) is 9.52 Å². The predicted molar refractivity (Wildman–Crippen MR) is 136 cm³/mol. The van der Waals surface area contributed by atoms with Crippen molar-refractivity contribution in [3.63, 3.8) is 0 Å². The summed E-state index contributed by atoms with van der Waals surface area (Å²) in [4.78, 5) is 32.5. The molecular formula is C26H18BrFN2O4S. The van der Waals surface area contributed by atoms with Gasteiger partial charge in [-0.1, -0.05) is 39.4 Å². The van der Waals surface area contributed by atoms with Crippen molar-refractivity contribution in [3.8, 4) is 5.75 Å². The lowest BCUT2D eigenvalue weighted by Gasteiger charge is -2.23. The number of halogens is 2. The van der Waals surface area contributed by atoms with Gasteiger partial charge in [0.25, 0.3) is 5.78 Å². The van der Waals surface area contributed by atoms with E-state index in [1.807, 2.05) is 13.0 Å². The summed E-state index contributed by atoms with van der Waals surface area (Å²) in [5.74, 6) is -1.82. The van der Waals surface area contributed by atoms with Gasteiger partial charge in [0.1, 0.15) is 17.3 Å². The van der Waals surface area contributed by atoms with Crippen LogP contribution in [-0.2, 0) is 9.59 Å². The first kappa shape index (κ1) is 23.2. The van der Waals surface area contributed by atoms with Gasteiger partial charge in [0, 0.05) is 10.0 Å². The number of carbonyl (C=O) groups is 2. The van der Waals surface area contributed by atoms with Gasteiger partial charge in [0.2, 0.25) is 0 Å². The molecule has 35 heavy (non-hydrogen) atoms. The number of thiazole rings is 1. The largest absolute Gasteiger partial charge is 0.507 e. The number of rotatable bonds is 5. The molecule has 1 amide bonds. The number of hydrogen-bond donors (Lipinski definition) is 1. The Morgan fingerprint density at radius 2 is 1.83 bits per heavy atom. The van der Waals surface area contributed by atoms with Crippen molar-refractivity contribution in [1.29, 1.82) is 0 Å². The van der Waals surface area contributed by atoms with E-state index in [0.29, 0.717) is 28.6 Å². The smallest absolute Gasteiger partial charge is 0.301 e. The highest BCUT2D eigenvalue weighted by Gasteiger charge is 2.48. The summed E-state index contributed by atoms with van der Waals surface area (Å²) in [6.07, 6.45) is 0. The summed E-state index contributed by atoms with van der Waals surface area (Å²) >= 11 is 4.65. The second-order valence-corrected chi connectivity index (χ2v) is 9.71. The molecule has 1 unspecified atom stereocenters. The Bertz CT molecular complexity index is 1480. The standard InChI is InChI=1S/C26H18BrFN2O4S/c1-2-34-18-11-12-19-20(13-18)35-26(29-19)30-22(14-3-7-16(27)8-4-14)21(24(32)25(30)33)23(31)15-5-9-17(28)10-6-15/h3-13,22,31H,2H2,1H3/b23-21+. The van der Waals surface area contributed by atoms with Gasteiger partial charge in [0.05, 0.1) is 28.4 Å². The lowest BCUT2D eigenvalue weighted by atomic mass is 9.95. The highest BCUT2D eigenvalue weighted by atomic mass is 79.9. The molecule has 1 aromatic heterocycles. The van der Waals surface area contributed by atoms with Gasteiger partial charge in [-0.3, -0.25) is 14.5 Å². The maximum atomic E-state index is 13.5. The summed E-state index contributed by atoms with van der Waals surface area (Å²) in [5, 5.41) is 11.4. The number of Topliss-reactive ketones (excluding diaryl/α,β-unsaturated/α-hetero) is 1. The molecule has 1 fully saturated rings. The summed E-state index contributed by atoms with van der Waals surface area (Å²) in [6, 6.07) is 16.7. The normalized spacial score (nSPS) is 17.3. The van der Waals surface area contributed by atoms with E-state index in [-0.39, 0.29) is 16.9 Å². The van der Waals surface area contributed by atoms with Crippen LogP contribution in [-0.4, -0.2) is 28.4 Å². The number of ether oxygens (including phenoxy) is 1. The highest BCUT2D eigenvalue weighted by Crippen LogP contribution is 2.44. The Kier molecular flexibility index (Phi) is 6.12. The summed E-state index contributed by atoms with van der Waals surface area (Å²) in [7, 11) is 0. The fourth-order valence-corrected chi connectivity index (χ4v) is 5.29. The number of carbonyl (C=O) groups excluding carboxylic acids is 2. The second-order valence-electron chi connectivity index (χ2n) is 7.79. The number of anilines is 1. The SMILES string of the molecule is CCOc1ccc2nc(N3C(=O)C(=O)/C(=C(/O)c4ccc(F)cc4)C3c3ccc(Br)cc3)sc2c1. The number of amides is 1. The third-order valence-corrected chi connectivity index (χ3v) is 7.16. The highest BCUT2D eigenvalue weighted by molar-refractivity contribution is 9.10. The van der Waals surface area contributed by atoms with Crippen LogP contribution in [0.3, 0.4) is 0 Å². The number of benzene rings is 3. The molecule has 0 saturated carbocycles. The zero-order valence-corrected chi connectivity index (χ0v) is 20.8. The predicted octanol–water partition coefficient (Wildman–Crippen LogP) is 6.22. The summed E-state index contributed by atoms with van der Waals surface area (Å²) in [5.41, 5.74) is 1.42. The van der Waals surface area contributed by atoms with E-state index in [0.717, 1.165) is 9.17 Å². The first-order valence-electron chi connectivity index (χ1n) is 10.7. The number of hydrogen-bond acceptors (Lipinski definition) is 6. The van der Waals surface area contributed by atoms with E-state index in [2.05, 4.69) is 20.9 Å². The molecule has 0 spiro atoms. The fraction of sp³-hybridized carbons (Fsp3) is 0.115. The number of ketones is 1. The molecule has 6 nitrogen and oxygen atoms in total. The quantitative estimate of drug-likeness (QED) is 0.180. The van der Waals surface area contributed by atoms with Crippen molar-refractivity contribution in [2.24, 2.45) is 0 Å². The van der Waals surface area contributed by atoms with E-state index >= 15 is 0 Å². The van der Waals surface area contributed by atoms with E-state index in [1.54, 1.807) is 36.4 Å². The van der Waals surface area contributed by atoms with E-state index in [1.165, 1.54) is 40.5 Å². The van der Waals surface area contributed by atoms with Crippen LogP contribution < -0.4 is 9.64 Å².